The van der Waals surface area contributed by atoms with E-state index in [1.54, 1.807) is 0 Å². The van der Waals surface area contributed by atoms with E-state index in [-0.39, 0.29) is 6.09 Å². The van der Waals surface area contributed by atoms with E-state index in [0.717, 1.165) is 25.9 Å². The third-order valence-electron chi connectivity index (χ3n) is 4.33. The Kier molecular flexibility index (Phi) is 3.43. The fourth-order valence-electron chi connectivity index (χ4n) is 3.02. The van der Waals surface area contributed by atoms with Gasteiger partial charge in [0.15, 0.2) is 0 Å². The maximum Gasteiger partial charge on any atom is 0.410 e. The summed E-state index contributed by atoms with van der Waals surface area (Å²) in [4.78, 5) is 13.8. The van der Waals surface area contributed by atoms with Crippen molar-refractivity contribution in [2.75, 3.05) is 13.1 Å². The van der Waals surface area contributed by atoms with Crippen LogP contribution in [-0.2, 0) is 4.74 Å². The number of amides is 1. The Morgan fingerprint density at radius 3 is 2.39 bits per heavy atom. The minimum absolute atomic E-state index is 0.157. The Morgan fingerprint density at radius 2 is 1.94 bits per heavy atom. The number of hydrogen-bond acceptors (Lipinski definition) is 2. The van der Waals surface area contributed by atoms with Gasteiger partial charge in [-0.05, 0) is 51.4 Å². The molecule has 3 nitrogen and oxygen atoms in total. The Hall–Kier alpha value is -0.990. The van der Waals surface area contributed by atoms with Gasteiger partial charge in [-0.3, -0.25) is 0 Å². The number of nitrogens with zero attached hydrogens (tertiary/aromatic N) is 1. The van der Waals surface area contributed by atoms with E-state index in [4.69, 9.17) is 4.74 Å². The van der Waals surface area contributed by atoms with Crippen LogP contribution < -0.4 is 0 Å². The molecule has 1 amide bonds. The number of ether oxygens (including phenoxy) is 1. The summed E-state index contributed by atoms with van der Waals surface area (Å²) in [5, 5.41) is 0. The number of likely N-dealkylation sites (tertiary alicyclic amines) is 1. The molecule has 0 N–H and O–H groups in total. The summed E-state index contributed by atoms with van der Waals surface area (Å²) in [5.74, 6) is 0.651. The SMILES string of the molecule is CC1C=CCC12CCN(C(=O)OC(C)(C)C)CC2. The number of carbonyl (C=O) groups is 1. The number of carbonyl (C=O) groups excluding carboxylic acids is 1. The van der Waals surface area contributed by atoms with Crippen LogP contribution in [0.15, 0.2) is 12.2 Å². The molecule has 0 radical (unpaired) electrons. The highest BCUT2D eigenvalue weighted by Crippen LogP contribution is 2.46. The summed E-state index contributed by atoms with van der Waals surface area (Å²) in [7, 11) is 0. The second-order valence-corrected chi connectivity index (χ2v) is 6.75. The molecule has 0 saturated carbocycles. The predicted molar refractivity (Wildman–Crippen MR) is 72.4 cm³/mol. The van der Waals surface area contributed by atoms with Gasteiger partial charge in [-0.1, -0.05) is 19.1 Å². The van der Waals surface area contributed by atoms with E-state index < -0.39 is 5.60 Å². The number of piperidine rings is 1. The molecular formula is C15H25NO2. The first-order chi connectivity index (χ1) is 8.32. The fourth-order valence-corrected chi connectivity index (χ4v) is 3.02. The van der Waals surface area contributed by atoms with Crippen LogP contribution in [0.4, 0.5) is 4.79 Å². The van der Waals surface area contributed by atoms with Gasteiger partial charge >= 0.3 is 6.09 Å². The summed E-state index contributed by atoms with van der Waals surface area (Å²) < 4.78 is 5.43. The molecular weight excluding hydrogens is 226 g/mol. The molecule has 1 atom stereocenters. The smallest absolute Gasteiger partial charge is 0.410 e. The Balaban J connectivity index is 1.89. The molecule has 1 unspecified atom stereocenters. The third kappa shape index (κ3) is 2.70. The highest BCUT2D eigenvalue weighted by molar-refractivity contribution is 5.68. The number of hydrogen-bond donors (Lipinski definition) is 0. The molecule has 2 rings (SSSR count). The molecule has 2 aliphatic rings. The Bertz CT molecular complexity index is 346. The van der Waals surface area contributed by atoms with Gasteiger partial charge in [0.05, 0.1) is 0 Å². The van der Waals surface area contributed by atoms with Gasteiger partial charge in [-0.2, -0.15) is 0 Å². The summed E-state index contributed by atoms with van der Waals surface area (Å²) in [6, 6.07) is 0. The number of rotatable bonds is 0. The molecule has 0 bridgehead atoms. The van der Waals surface area contributed by atoms with Gasteiger partial charge in [0, 0.05) is 13.1 Å². The third-order valence-corrected chi connectivity index (χ3v) is 4.33. The topological polar surface area (TPSA) is 29.5 Å². The van der Waals surface area contributed by atoms with Crippen molar-refractivity contribution >= 4 is 6.09 Å². The predicted octanol–water partition coefficient (Wildman–Crippen LogP) is 3.60. The zero-order valence-electron chi connectivity index (χ0n) is 12.0. The molecule has 102 valence electrons. The average Bonchev–Trinajstić information content (AvgIpc) is 2.59. The van der Waals surface area contributed by atoms with Crippen molar-refractivity contribution in [1.29, 1.82) is 0 Å². The maximum absolute atomic E-state index is 12.0. The van der Waals surface area contributed by atoms with Crippen molar-refractivity contribution in [1.82, 2.24) is 4.90 Å². The highest BCUT2D eigenvalue weighted by atomic mass is 16.6. The van der Waals surface area contributed by atoms with Gasteiger partial charge in [0.25, 0.3) is 0 Å². The molecule has 1 fully saturated rings. The van der Waals surface area contributed by atoms with E-state index in [1.165, 1.54) is 6.42 Å². The molecule has 3 heteroatoms. The van der Waals surface area contributed by atoms with Crippen LogP contribution in [0.2, 0.25) is 0 Å². The molecule has 0 aromatic rings. The molecule has 1 saturated heterocycles. The molecule has 1 aliphatic carbocycles. The lowest BCUT2D eigenvalue weighted by Gasteiger charge is -2.42. The summed E-state index contributed by atoms with van der Waals surface area (Å²) in [6.45, 7) is 9.71. The van der Waals surface area contributed by atoms with E-state index in [0.29, 0.717) is 11.3 Å². The van der Waals surface area contributed by atoms with E-state index in [1.807, 2.05) is 25.7 Å². The lowest BCUT2D eigenvalue weighted by Crippen LogP contribution is -2.46. The average molecular weight is 251 g/mol. The van der Waals surface area contributed by atoms with Crippen LogP contribution >= 0.6 is 0 Å². The maximum atomic E-state index is 12.0. The van der Waals surface area contributed by atoms with Crippen molar-refractivity contribution < 1.29 is 9.53 Å². The Morgan fingerprint density at radius 1 is 1.33 bits per heavy atom. The van der Waals surface area contributed by atoms with Crippen LogP contribution in [0.3, 0.4) is 0 Å². The van der Waals surface area contributed by atoms with Crippen molar-refractivity contribution in [2.24, 2.45) is 11.3 Å². The lowest BCUT2D eigenvalue weighted by molar-refractivity contribution is 0.00681. The lowest BCUT2D eigenvalue weighted by atomic mass is 9.71. The van der Waals surface area contributed by atoms with Crippen molar-refractivity contribution in [3.8, 4) is 0 Å². The van der Waals surface area contributed by atoms with Crippen molar-refractivity contribution in [3.63, 3.8) is 0 Å². The summed E-state index contributed by atoms with van der Waals surface area (Å²) >= 11 is 0. The van der Waals surface area contributed by atoms with Crippen LogP contribution in [0.1, 0.15) is 47.0 Å². The molecule has 1 heterocycles. The van der Waals surface area contributed by atoms with Crippen LogP contribution in [-0.4, -0.2) is 29.7 Å². The monoisotopic (exact) mass is 251 g/mol. The van der Waals surface area contributed by atoms with Crippen molar-refractivity contribution in [3.05, 3.63) is 12.2 Å². The Labute approximate surface area is 110 Å². The molecule has 18 heavy (non-hydrogen) atoms. The van der Waals surface area contributed by atoms with E-state index >= 15 is 0 Å². The second kappa shape index (κ2) is 4.60. The molecule has 1 spiro atoms. The van der Waals surface area contributed by atoms with E-state index in [9.17, 15) is 4.79 Å². The second-order valence-electron chi connectivity index (χ2n) is 6.75. The molecule has 1 aliphatic heterocycles. The minimum atomic E-state index is -0.394. The van der Waals surface area contributed by atoms with Gasteiger partial charge in [-0.25, -0.2) is 4.79 Å². The summed E-state index contributed by atoms with van der Waals surface area (Å²) in [6.07, 6.45) is 7.84. The summed E-state index contributed by atoms with van der Waals surface area (Å²) in [5.41, 5.74) is 0.0208. The quantitative estimate of drug-likeness (QED) is 0.616. The zero-order chi connectivity index (χ0) is 13.4. The largest absolute Gasteiger partial charge is 0.444 e. The van der Waals surface area contributed by atoms with Gasteiger partial charge < -0.3 is 9.64 Å². The number of allylic oxidation sites excluding steroid dienone is 2. The van der Waals surface area contributed by atoms with Crippen molar-refractivity contribution in [2.45, 2.75) is 52.6 Å². The van der Waals surface area contributed by atoms with Gasteiger partial charge in [0.1, 0.15) is 5.60 Å². The van der Waals surface area contributed by atoms with Gasteiger partial charge in [-0.15, -0.1) is 0 Å². The highest BCUT2D eigenvalue weighted by Gasteiger charge is 2.41. The van der Waals surface area contributed by atoms with Gasteiger partial charge in [0.2, 0.25) is 0 Å². The first-order valence-corrected chi connectivity index (χ1v) is 6.97. The van der Waals surface area contributed by atoms with Crippen LogP contribution in [0, 0.1) is 11.3 Å². The van der Waals surface area contributed by atoms with Crippen LogP contribution in [0.25, 0.3) is 0 Å². The normalized spacial score (nSPS) is 26.7. The fraction of sp³-hybridized carbons (Fsp3) is 0.800. The minimum Gasteiger partial charge on any atom is -0.444 e. The molecule has 0 aromatic carbocycles. The van der Waals surface area contributed by atoms with E-state index in [2.05, 4.69) is 19.1 Å². The zero-order valence-corrected chi connectivity index (χ0v) is 12.0. The first-order valence-electron chi connectivity index (χ1n) is 6.97. The van der Waals surface area contributed by atoms with Crippen LogP contribution in [0.5, 0.6) is 0 Å². The first kappa shape index (κ1) is 13.4. The standard InChI is InChI=1S/C15H25NO2/c1-12-6-5-7-15(12)8-10-16(11-9-15)13(17)18-14(2,3)4/h5-6,12H,7-11H2,1-4H3. The molecule has 0 aromatic heterocycles.